The summed E-state index contributed by atoms with van der Waals surface area (Å²) in [5, 5.41) is 12.8. The Balaban J connectivity index is 2.01. The molecule has 2 aromatic rings. The summed E-state index contributed by atoms with van der Waals surface area (Å²) in [5.41, 5.74) is 0.996. The van der Waals surface area contributed by atoms with Gasteiger partial charge in [-0.25, -0.2) is 9.48 Å². The lowest BCUT2D eigenvalue weighted by Crippen LogP contribution is -2.14. The van der Waals surface area contributed by atoms with Gasteiger partial charge in [-0.2, -0.15) is 4.98 Å². The van der Waals surface area contributed by atoms with Crippen LogP contribution in [0.15, 0.2) is 30.3 Å². The number of nitrogens with zero attached hydrogens (tertiary/aromatic N) is 4. The molecule has 3 rings (SSSR count). The lowest BCUT2D eigenvalue weighted by atomic mass is 10.3. The van der Waals surface area contributed by atoms with Crippen molar-refractivity contribution in [2.45, 2.75) is 6.54 Å². The minimum atomic E-state index is -1.10. The third-order valence-electron chi connectivity index (χ3n) is 2.69. The maximum absolute atomic E-state index is 10.8. The second kappa shape index (κ2) is 3.58. The van der Waals surface area contributed by atoms with Crippen LogP contribution in [0.4, 0.5) is 11.6 Å². The quantitative estimate of drug-likeness (QED) is 0.837. The predicted molar refractivity (Wildman–Crippen MR) is 60.4 cm³/mol. The van der Waals surface area contributed by atoms with Crippen LogP contribution in [0.5, 0.6) is 0 Å². The molecule has 0 amide bonds. The van der Waals surface area contributed by atoms with Gasteiger partial charge in [-0.1, -0.05) is 18.2 Å². The number of carboxylic acids is 1. The van der Waals surface area contributed by atoms with Crippen LogP contribution < -0.4 is 4.90 Å². The molecule has 1 aromatic heterocycles. The van der Waals surface area contributed by atoms with Crippen molar-refractivity contribution in [3.8, 4) is 0 Å². The van der Waals surface area contributed by atoms with Crippen molar-refractivity contribution in [1.29, 1.82) is 0 Å². The Kier molecular flexibility index (Phi) is 2.07. The van der Waals surface area contributed by atoms with Gasteiger partial charge in [-0.05, 0) is 12.1 Å². The second-order valence-electron chi connectivity index (χ2n) is 3.75. The first kappa shape index (κ1) is 9.83. The van der Waals surface area contributed by atoms with Gasteiger partial charge in [-0.3, -0.25) is 0 Å². The number of carboxylic acid groups (broad SMARTS) is 1. The van der Waals surface area contributed by atoms with Gasteiger partial charge in [0, 0.05) is 12.2 Å². The highest BCUT2D eigenvalue weighted by molar-refractivity contribution is 5.83. The standard InChI is InChI=1S/C11H10N4O2/c16-10(17)9-12-11-14(6-7-15(11)13-9)8-4-2-1-3-5-8/h1-5H,6-7H2,(H,16,17). The Hall–Kier alpha value is -2.37. The molecular formula is C11H10N4O2. The molecule has 0 saturated carbocycles. The van der Waals surface area contributed by atoms with Crippen LogP contribution in [0.2, 0.25) is 0 Å². The maximum Gasteiger partial charge on any atom is 0.375 e. The van der Waals surface area contributed by atoms with E-state index < -0.39 is 5.97 Å². The number of hydrogen-bond acceptors (Lipinski definition) is 4. The van der Waals surface area contributed by atoms with E-state index in [0.29, 0.717) is 12.5 Å². The summed E-state index contributed by atoms with van der Waals surface area (Å²) in [5.74, 6) is -0.658. The van der Waals surface area contributed by atoms with Crippen LogP contribution in [0.1, 0.15) is 10.6 Å². The number of para-hydroxylation sites is 1. The molecule has 86 valence electrons. The summed E-state index contributed by atoms with van der Waals surface area (Å²) in [6, 6.07) is 9.74. The first-order valence-corrected chi connectivity index (χ1v) is 5.26. The highest BCUT2D eigenvalue weighted by Crippen LogP contribution is 2.27. The summed E-state index contributed by atoms with van der Waals surface area (Å²) in [7, 11) is 0. The molecule has 1 N–H and O–H groups in total. The van der Waals surface area contributed by atoms with Gasteiger partial charge in [0.2, 0.25) is 5.95 Å². The van der Waals surface area contributed by atoms with Crippen molar-refractivity contribution in [1.82, 2.24) is 14.8 Å². The summed E-state index contributed by atoms with van der Waals surface area (Å²) in [4.78, 5) is 16.8. The van der Waals surface area contributed by atoms with Crippen molar-refractivity contribution in [2.24, 2.45) is 0 Å². The number of benzene rings is 1. The zero-order valence-electron chi connectivity index (χ0n) is 8.95. The molecule has 0 radical (unpaired) electrons. The number of carbonyl (C=O) groups is 1. The Morgan fingerprint density at radius 3 is 2.71 bits per heavy atom. The lowest BCUT2D eigenvalue weighted by Gasteiger charge is -2.14. The average Bonchev–Trinajstić information content (AvgIpc) is 2.89. The van der Waals surface area contributed by atoms with Gasteiger partial charge in [0.05, 0.1) is 6.54 Å². The van der Waals surface area contributed by atoms with Crippen LogP contribution in [0, 0.1) is 0 Å². The molecule has 0 atom stereocenters. The van der Waals surface area contributed by atoms with Crippen molar-refractivity contribution in [2.75, 3.05) is 11.4 Å². The number of aromatic nitrogens is 3. The van der Waals surface area contributed by atoms with Crippen LogP contribution >= 0.6 is 0 Å². The van der Waals surface area contributed by atoms with Gasteiger partial charge in [-0.15, -0.1) is 5.10 Å². The fourth-order valence-corrected chi connectivity index (χ4v) is 1.92. The van der Waals surface area contributed by atoms with Crippen LogP contribution in [-0.2, 0) is 6.54 Å². The summed E-state index contributed by atoms with van der Waals surface area (Å²) in [6.45, 7) is 1.42. The maximum atomic E-state index is 10.8. The molecule has 0 spiro atoms. The topological polar surface area (TPSA) is 71.2 Å². The first-order chi connectivity index (χ1) is 8.25. The zero-order valence-corrected chi connectivity index (χ0v) is 8.95. The van der Waals surface area contributed by atoms with E-state index in [2.05, 4.69) is 10.1 Å². The molecule has 6 nitrogen and oxygen atoms in total. The summed E-state index contributed by atoms with van der Waals surface area (Å²) in [6.07, 6.45) is 0. The SMILES string of the molecule is O=C(O)c1nc2n(n1)CCN2c1ccccc1. The van der Waals surface area contributed by atoms with Crippen molar-refractivity contribution < 1.29 is 9.90 Å². The molecule has 0 bridgehead atoms. The van der Waals surface area contributed by atoms with E-state index in [1.807, 2.05) is 35.2 Å². The molecule has 1 aliphatic heterocycles. The van der Waals surface area contributed by atoms with Crippen LogP contribution in [0.25, 0.3) is 0 Å². The van der Waals surface area contributed by atoms with E-state index >= 15 is 0 Å². The summed E-state index contributed by atoms with van der Waals surface area (Å²) >= 11 is 0. The predicted octanol–water partition coefficient (Wildman–Crippen LogP) is 1.13. The number of rotatable bonds is 2. The molecule has 0 fully saturated rings. The molecule has 1 aromatic carbocycles. The second-order valence-corrected chi connectivity index (χ2v) is 3.75. The molecule has 0 saturated heterocycles. The smallest absolute Gasteiger partial charge is 0.375 e. The van der Waals surface area contributed by atoms with E-state index in [9.17, 15) is 4.79 Å². The fraction of sp³-hybridized carbons (Fsp3) is 0.182. The highest BCUT2D eigenvalue weighted by atomic mass is 16.4. The van der Waals surface area contributed by atoms with Crippen molar-refractivity contribution in [3.63, 3.8) is 0 Å². The molecule has 0 aliphatic carbocycles. The zero-order chi connectivity index (χ0) is 11.8. The Morgan fingerprint density at radius 2 is 2.00 bits per heavy atom. The van der Waals surface area contributed by atoms with E-state index in [1.54, 1.807) is 4.68 Å². The van der Waals surface area contributed by atoms with Crippen LogP contribution in [-0.4, -0.2) is 32.4 Å². The Bertz CT molecular complexity index is 564. The fourth-order valence-electron chi connectivity index (χ4n) is 1.92. The number of aromatic carboxylic acids is 1. The Labute approximate surface area is 97.1 Å². The van der Waals surface area contributed by atoms with Crippen LogP contribution in [0.3, 0.4) is 0 Å². The summed E-state index contributed by atoms with van der Waals surface area (Å²) < 4.78 is 1.62. The average molecular weight is 230 g/mol. The largest absolute Gasteiger partial charge is 0.475 e. The molecule has 1 aliphatic rings. The first-order valence-electron chi connectivity index (χ1n) is 5.26. The highest BCUT2D eigenvalue weighted by Gasteiger charge is 2.26. The van der Waals surface area contributed by atoms with E-state index in [0.717, 1.165) is 12.2 Å². The molecular weight excluding hydrogens is 220 g/mol. The monoisotopic (exact) mass is 230 g/mol. The number of hydrogen-bond donors (Lipinski definition) is 1. The van der Waals surface area contributed by atoms with E-state index in [4.69, 9.17) is 5.11 Å². The Morgan fingerprint density at radius 1 is 1.24 bits per heavy atom. The minimum absolute atomic E-state index is 0.152. The molecule has 2 heterocycles. The van der Waals surface area contributed by atoms with Crippen molar-refractivity contribution >= 4 is 17.6 Å². The van der Waals surface area contributed by atoms with Crippen molar-refractivity contribution in [3.05, 3.63) is 36.2 Å². The normalized spacial score (nSPS) is 13.8. The van der Waals surface area contributed by atoms with Gasteiger partial charge >= 0.3 is 5.97 Å². The van der Waals surface area contributed by atoms with Gasteiger partial charge < -0.3 is 10.0 Å². The third-order valence-corrected chi connectivity index (χ3v) is 2.69. The van der Waals surface area contributed by atoms with E-state index in [1.165, 1.54) is 0 Å². The molecule has 6 heteroatoms. The number of anilines is 2. The number of fused-ring (bicyclic) bond motifs is 1. The van der Waals surface area contributed by atoms with Gasteiger partial charge in [0.15, 0.2) is 0 Å². The minimum Gasteiger partial charge on any atom is -0.475 e. The van der Waals surface area contributed by atoms with Gasteiger partial charge in [0.25, 0.3) is 5.82 Å². The lowest BCUT2D eigenvalue weighted by molar-refractivity contribution is 0.0683. The third kappa shape index (κ3) is 1.54. The molecule has 17 heavy (non-hydrogen) atoms. The van der Waals surface area contributed by atoms with Gasteiger partial charge in [0.1, 0.15) is 0 Å². The molecule has 0 unspecified atom stereocenters. The van der Waals surface area contributed by atoms with E-state index in [-0.39, 0.29) is 5.82 Å².